The molecule has 8 saturated carbocycles. The lowest BCUT2D eigenvalue weighted by Crippen LogP contribution is -2.56. The van der Waals surface area contributed by atoms with Crippen LogP contribution in [0.2, 0.25) is 0 Å². The number of nitrogens with zero attached hydrogens (tertiary/aromatic N) is 2. The van der Waals surface area contributed by atoms with Crippen molar-refractivity contribution in [2.75, 3.05) is 0 Å². The molecular weight excluding hydrogens is 787 g/mol. The quantitative estimate of drug-likeness (QED) is 0.159. The van der Waals surface area contributed by atoms with Crippen LogP contribution in [0.15, 0.2) is 108 Å². The third-order valence-electron chi connectivity index (χ3n) is 20.7. The van der Waals surface area contributed by atoms with E-state index in [1.807, 2.05) is 0 Å². The highest BCUT2D eigenvalue weighted by atomic mass is 16.3. The number of aromatic nitrogens is 2. The SMILES string of the molecule is CC1(C)c2ccccc2-c2cc3c4c(c21)-c1cc(C25CC6CC(CC(C6)C2)C5)cc2c5cc(C67CC8CC(CC(C8)C6)C7)ccc5n(c12)B4c1cccc2c4oc5ccccc5c4n-3c12. The Hall–Kier alpha value is -5.48. The highest BCUT2D eigenvalue weighted by Gasteiger charge is 2.55. The molecule has 65 heavy (non-hydrogen) atoms. The molecular formula is C61H53BN2O. The van der Waals surface area contributed by atoms with E-state index in [-0.39, 0.29) is 17.7 Å². The van der Waals surface area contributed by atoms with E-state index in [0.717, 1.165) is 46.7 Å². The molecule has 9 aliphatic carbocycles. The minimum Gasteiger partial charge on any atom is -0.454 e. The third kappa shape index (κ3) is 3.95. The Morgan fingerprint density at radius 2 is 1.18 bits per heavy atom. The van der Waals surface area contributed by atoms with Gasteiger partial charge < -0.3 is 13.5 Å². The van der Waals surface area contributed by atoms with Gasteiger partial charge in [0.05, 0.1) is 5.52 Å². The summed E-state index contributed by atoms with van der Waals surface area (Å²) in [7, 11) is 0. The van der Waals surface area contributed by atoms with Gasteiger partial charge in [0.15, 0.2) is 5.58 Å². The lowest BCUT2D eigenvalue weighted by molar-refractivity contribution is -0.00527. The molecule has 5 heterocycles. The van der Waals surface area contributed by atoms with Gasteiger partial charge >= 0.3 is 6.85 Å². The van der Waals surface area contributed by atoms with Gasteiger partial charge in [-0.3, -0.25) is 0 Å². The smallest absolute Gasteiger partial charge is 0.333 e. The summed E-state index contributed by atoms with van der Waals surface area (Å²) in [4.78, 5) is 0. The fourth-order valence-corrected chi connectivity index (χ4v) is 19.3. The molecule has 3 nitrogen and oxygen atoms in total. The number of hydrogen-bond acceptors (Lipinski definition) is 1. The van der Waals surface area contributed by atoms with Crippen molar-refractivity contribution in [1.82, 2.24) is 9.05 Å². The first-order chi connectivity index (χ1) is 31.8. The second kappa shape index (κ2) is 11.0. The summed E-state index contributed by atoms with van der Waals surface area (Å²) >= 11 is 0. The van der Waals surface area contributed by atoms with Gasteiger partial charge in [0.1, 0.15) is 11.1 Å². The van der Waals surface area contributed by atoms with E-state index >= 15 is 0 Å². The Bertz CT molecular complexity index is 3670. The monoisotopic (exact) mass is 840 g/mol. The summed E-state index contributed by atoms with van der Waals surface area (Å²) in [6.07, 6.45) is 17.2. The Kier molecular flexibility index (Phi) is 5.91. The van der Waals surface area contributed by atoms with Crippen molar-refractivity contribution in [3.8, 4) is 27.9 Å². The van der Waals surface area contributed by atoms with Crippen LogP contribution in [0.4, 0.5) is 0 Å². The number of benzene rings is 6. The summed E-state index contributed by atoms with van der Waals surface area (Å²) in [5.74, 6) is 5.45. The zero-order chi connectivity index (χ0) is 42.0. The van der Waals surface area contributed by atoms with Crippen molar-refractivity contribution in [2.45, 2.75) is 107 Å². The maximum Gasteiger partial charge on any atom is 0.333 e. The average molecular weight is 841 g/mol. The molecule has 0 unspecified atom stereocenters. The average Bonchev–Trinajstić information content (AvgIpc) is 4.01. The minimum atomic E-state index is -0.162. The lowest BCUT2D eigenvalue weighted by Gasteiger charge is -2.57. The maximum absolute atomic E-state index is 6.94. The Morgan fingerprint density at radius 1 is 0.538 bits per heavy atom. The van der Waals surface area contributed by atoms with E-state index in [9.17, 15) is 0 Å². The normalized spacial score (nSPS) is 31.0. The molecule has 0 amide bonds. The van der Waals surface area contributed by atoms with Crippen LogP contribution in [0.3, 0.4) is 0 Å². The molecule has 0 spiro atoms. The lowest BCUT2D eigenvalue weighted by atomic mass is 9.44. The van der Waals surface area contributed by atoms with Gasteiger partial charge in [-0.05, 0) is 222 Å². The predicted octanol–water partition coefficient (Wildman–Crippen LogP) is 13.8. The number of furan rings is 1. The van der Waals surface area contributed by atoms with E-state index in [4.69, 9.17) is 4.42 Å². The van der Waals surface area contributed by atoms with Crippen molar-refractivity contribution in [3.63, 3.8) is 0 Å². The van der Waals surface area contributed by atoms with E-state index in [1.165, 1.54) is 171 Å². The van der Waals surface area contributed by atoms with Crippen molar-refractivity contribution in [3.05, 3.63) is 125 Å². The van der Waals surface area contributed by atoms with E-state index in [0.29, 0.717) is 5.41 Å². The fourth-order valence-electron chi connectivity index (χ4n) is 19.3. The molecule has 8 bridgehead atoms. The van der Waals surface area contributed by atoms with Crippen LogP contribution in [-0.4, -0.2) is 15.9 Å². The van der Waals surface area contributed by atoms with Crippen LogP contribution < -0.4 is 10.9 Å². The van der Waals surface area contributed by atoms with E-state index < -0.39 is 0 Å². The highest BCUT2D eigenvalue weighted by Crippen LogP contribution is 2.64. The summed E-state index contributed by atoms with van der Waals surface area (Å²) in [5.41, 5.74) is 24.3. The number of para-hydroxylation sites is 2. The van der Waals surface area contributed by atoms with Crippen molar-refractivity contribution >= 4 is 72.6 Å². The van der Waals surface area contributed by atoms with Gasteiger partial charge in [-0.1, -0.05) is 68.4 Å². The molecule has 0 saturated heterocycles. The van der Waals surface area contributed by atoms with Gasteiger partial charge in [0.2, 0.25) is 0 Å². The second-order valence-electron chi connectivity index (χ2n) is 24.5. The number of fused-ring (bicyclic) bond motifs is 16. The van der Waals surface area contributed by atoms with Crippen molar-refractivity contribution < 1.29 is 4.42 Å². The Labute approximate surface area is 380 Å². The standard InChI is InChI=1S/C61H53BN2O/c1-59(2)47-11-5-3-8-40(47)44-25-50-54-52(53(44)59)46-24-39(61-29-35-19-36(30-61)21-37(20-35)31-61)23-45-43-22-38(60-26-32-16-33(27-60)18-34(17-32)28-60)14-15-49(43)64(55(45)46)62(54)48-12-7-10-42-56(48)63(50)57-41-9-4-6-13-51(41)65-58(42)57/h3-15,22-25,32-37H,16-21,26-31H2,1-2H3. The number of rotatable bonds is 2. The van der Waals surface area contributed by atoms with Gasteiger partial charge in [-0.2, -0.15) is 0 Å². The van der Waals surface area contributed by atoms with Crippen LogP contribution in [0.1, 0.15) is 113 Å². The molecule has 0 radical (unpaired) electrons. The van der Waals surface area contributed by atoms with Gasteiger partial charge in [-0.15, -0.1) is 0 Å². The molecule has 4 heteroatoms. The van der Waals surface area contributed by atoms with Crippen LogP contribution in [0.25, 0.3) is 82.7 Å². The molecule has 11 aliphatic rings. The van der Waals surface area contributed by atoms with Crippen LogP contribution in [0, 0.1) is 35.5 Å². The van der Waals surface area contributed by atoms with E-state index in [1.54, 1.807) is 11.1 Å². The van der Waals surface area contributed by atoms with Gasteiger partial charge in [0.25, 0.3) is 0 Å². The molecule has 20 rings (SSSR count). The highest BCUT2D eigenvalue weighted by molar-refractivity contribution is 6.90. The zero-order valence-electron chi connectivity index (χ0n) is 37.6. The molecule has 2 aliphatic heterocycles. The molecule has 8 fully saturated rings. The Morgan fingerprint density at radius 3 is 1.92 bits per heavy atom. The second-order valence-corrected chi connectivity index (χ2v) is 24.5. The molecule has 0 atom stereocenters. The summed E-state index contributed by atoms with van der Waals surface area (Å²) in [5, 5.41) is 5.47. The van der Waals surface area contributed by atoms with E-state index in [2.05, 4.69) is 126 Å². The summed E-state index contributed by atoms with van der Waals surface area (Å²) in [6.45, 7) is 5.10. The van der Waals surface area contributed by atoms with Crippen LogP contribution in [0.5, 0.6) is 0 Å². The summed E-state index contributed by atoms with van der Waals surface area (Å²) in [6, 6.07) is 41.6. The molecule has 3 aromatic heterocycles. The van der Waals surface area contributed by atoms with Crippen molar-refractivity contribution in [2.24, 2.45) is 35.5 Å². The molecule has 9 aromatic rings. The van der Waals surface area contributed by atoms with Crippen LogP contribution >= 0.6 is 0 Å². The number of hydrogen-bond donors (Lipinski definition) is 0. The fraction of sp³-hybridized carbons (Fsp3) is 0.377. The molecule has 0 N–H and O–H groups in total. The van der Waals surface area contributed by atoms with Gasteiger partial charge in [-0.25, -0.2) is 0 Å². The largest absolute Gasteiger partial charge is 0.454 e. The first-order valence-corrected chi connectivity index (χ1v) is 25.7. The first-order valence-electron chi connectivity index (χ1n) is 25.7. The van der Waals surface area contributed by atoms with Crippen molar-refractivity contribution in [1.29, 1.82) is 0 Å². The molecule has 6 aromatic carbocycles. The van der Waals surface area contributed by atoms with Gasteiger partial charge in [0, 0.05) is 49.2 Å². The zero-order valence-corrected chi connectivity index (χ0v) is 37.6. The molecule has 316 valence electrons. The maximum atomic E-state index is 6.94. The topological polar surface area (TPSA) is 23.0 Å². The summed E-state index contributed by atoms with van der Waals surface area (Å²) < 4.78 is 12.5. The minimum absolute atomic E-state index is 0.0366. The first kappa shape index (κ1) is 34.8. The van der Waals surface area contributed by atoms with Crippen LogP contribution in [-0.2, 0) is 16.2 Å². The Balaban J connectivity index is 1.02. The third-order valence-corrected chi connectivity index (χ3v) is 20.7. The predicted molar refractivity (Wildman–Crippen MR) is 267 cm³/mol.